The molecule has 102 valence electrons. The number of hydrogen-bond acceptors (Lipinski definition) is 5. The quantitative estimate of drug-likeness (QED) is 0.628. The van der Waals surface area contributed by atoms with Gasteiger partial charge in [0.25, 0.3) is 5.69 Å². The number of hydrogen-bond donors (Lipinski definition) is 1. The summed E-state index contributed by atoms with van der Waals surface area (Å²) in [4.78, 5) is 10.1. The minimum atomic E-state index is -0.526. The molecular weight excluding hydrogens is 248 g/mol. The van der Waals surface area contributed by atoms with Crippen molar-refractivity contribution in [2.75, 3.05) is 6.61 Å². The molecule has 1 aromatic rings. The van der Waals surface area contributed by atoms with Gasteiger partial charge in [0.1, 0.15) is 5.75 Å². The Hall–Kier alpha value is -2.13. The second kappa shape index (κ2) is 6.16. The predicted octanol–water partition coefficient (Wildman–Crippen LogP) is 2.41. The molecule has 0 atom stereocenters. The number of aliphatic hydroxyl groups excluding tert-OH is 1. The SMILES string of the molecule is CC(C)(C#N)CCOc1ccc([N+](=O)[O-])cc1CO. The molecule has 6 nitrogen and oxygen atoms in total. The molecule has 0 bridgehead atoms. The summed E-state index contributed by atoms with van der Waals surface area (Å²) in [6.45, 7) is 3.59. The third-order valence-corrected chi connectivity index (χ3v) is 2.71. The van der Waals surface area contributed by atoms with Crippen LogP contribution in [0, 0.1) is 26.9 Å². The van der Waals surface area contributed by atoms with Gasteiger partial charge in [-0.2, -0.15) is 5.26 Å². The van der Waals surface area contributed by atoms with Crippen LogP contribution in [0.5, 0.6) is 5.75 Å². The third-order valence-electron chi connectivity index (χ3n) is 2.71. The van der Waals surface area contributed by atoms with Gasteiger partial charge in [0.15, 0.2) is 0 Å². The monoisotopic (exact) mass is 264 g/mol. The predicted molar refractivity (Wildman–Crippen MR) is 68.5 cm³/mol. The van der Waals surface area contributed by atoms with Gasteiger partial charge < -0.3 is 9.84 Å². The maximum Gasteiger partial charge on any atom is 0.270 e. The number of benzene rings is 1. The summed E-state index contributed by atoms with van der Waals surface area (Å²) < 4.78 is 5.47. The smallest absolute Gasteiger partial charge is 0.270 e. The first-order valence-corrected chi connectivity index (χ1v) is 5.82. The number of nitro benzene ring substituents is 1. The Morgan fingerprint density at radius 1 is 1.53 bits per heavy atom. The lowest BCUT2D eigenvalue weighted by atomic mass is 9.92. The molecule has 1 aromatic carbocycles. The lowest BCUT2D eigenvalue weighted by Crippen LogP contribution is -2.13. The average Bonchev–Trinajstić information content (AvgIpc) is 2.38. The first-order valence-electron chi connectivity index (χ1n) is 5.82. The van der Waals surface area contributed by atoms with E-state index in [0.717, 1.165) is 0 Å². The Morgan fingerprint density at radius 2 is 2.21 bits per heavy atom. The Morgan fingerprint density at radius 3 is 2.74 bits per heavy atom. The van der Waals surface area contributed by atoms with E-state index in [1.807, 2.05) is 0 Å². The van der Waals surface area contributed by atoms with Crippen molar-refractivity contribution in [3.63, 3.8) is 0 Å². The summed E-state index contributed by atoms with van der Waals surface area (Å²) in [5.41, 5.74) is -0.210. The van der Waals surface area contributed by atoms with Crippen molar-refractivity contribution in [1.82, 2.24) is 0 Å². The Labute approximate surface area is 111 Å². The molecule has 0 aliphatic heterocycles. The van der Waals surface area contributed by atoms with Gasteiger partial charge in [0, 0.05) is 17.7 Å². The van der Waals surface area contributed by atoms with Crippen LogP contribution in [0.4, 0.5) is 5.69 Å². The van der Waals surface area contributed by atoms with Crippen molar-refractivity contribution in [2.45, 2.75) is 26.9 Å². The zero-order valence-electron chi connectivity index (χ0n) is 10.9. The molecule has 6 heteroatoms. The molecule has 0 saturated heterocycles. The lowest BCUT2D eigenvalue weighted by Gasteiger charge is -2.16. The van der Waals surface area contributed by atoms with Crippen LogP contribution in [-0.2, 0) is 6.61 Å². The molecule has 0 unspecified atom stereocenters. The van der Waals surface area contributed by atoms with E-state index >= 15 is 0 Å². The first-order chi connectivity index (χ1) is 8.89. The van der Waals surface area contributed by atoms with Gasteiger partial charge in [-0.3, -0.25) is 10.1 Å². The molecule has 0 spiro atoms. The van der Waals surface area contributed by atoms with Crippen molar-refractivity contribution < 1.29 is 14.8 Å². The molecule has 0 amide bonds. The lowest BCUT2D eigenvalue weighted by molar-refractivity contribution is -0.385. The molecule has 1 N–H and O–H groups in total. The molecule has 0 saturated carbocycles. The van der Waals surface area contributed by atoms with Crippen LogP contribution in [0.1, 0.15) is 25.8 Å². The molecule has 0 fully saturated rings. The van der Waals surface area contributed by atoms with Gasteiger partial charge in [-0.15, -0.1) is 0 Å². The first kappa shape index (κ1) is 14.9. The van der Waals surface area contributed by atoms with Crippen LogP contribution < -0.4 is 4.74 Å². The van der Waals surface area contributed by atoms with Crippen LogP contribution in [0.25, 0.3) is 0 Å². The van der Waals surface area contributed by atoms with Crippen LogP contribution >= 0.6 is 0 Å². The summed E-state index contributed by atoms with van der Waals surface area (Å²) >= 11 is 0. The van der Waals surface area contributed by atoms with E-state index in [4.69, 9.17) is 10.00 Å². The largest absolute Gasteiger partial charge is 0.493 e. The number of nitrogens with zero attached hydrogens (tertiary/aromatic N) is 2. The maximum atomic E-state index is 10.6. The van der Waals surface area contributed by atoms with E-state index in [2.05, 4.69) is 6.07 Å². The standard InChI is InChI=1S/C13H16N2O4/c1-13(2,9-14)5-6-19-12-4-3-11(15(17)18)7-10(12)8-16/h3-4,7,16H,5-6,8H2,1-2H3. The van der Waals surface area contributed by atoms with E-state index in [0.29, 0.717) is 24.3 Å². The van der Waals surface area contributed by atoms with E-state index < -0.39 is 10.3 Å². The number of rotatable bonds is 6. The maximum absolute atomic E-state index is 10.6. The highest BCUT2D eigenvalue weighted by Gasteiger charge is 2.17. The van der Waals surface area contributed by atoms with Crippen molar-refractivity contribution >= 4 is 5.69 Å². The van der Waals surface area contributed by atoms with Gasteiger partial charge in [0.2, 0.25) is 0 Å². The molecule has 0 aliphatic carbocycles. The summed E-state index contributed by atoms with van der Waals surface area (Å²) in [7, 11) is 0. The molecule has 0 aromatic heterocycles. The molecule has 19 heavy (non-hydrogen) atoms. The number of non-ortho nitro benzene ring substituents is 1. The van der Waals surface area contributed by atoms with Gasteiger partial charge in [-0.25, -0.2) is 0 Å². The fourth-order valence-corrected chi connectivity index (χ4v) is 1.42. The zero-order chi connectivity index (χ0) is 14.5. The fourth-order valence-electron chi connectivity index (χ4n) is 1.42. The van der Waals surface area contributed by atoms with Crippen LogP contribution in [0.3, 0.4) is 0 Å². The Bertz CT molecular complexity index is 506. The zero-order valence-corrected chi connectivity index (χ0v) is 10.9. The van der Waals surface area contributed by atoms with Gasteiger partial charge in [0.05, 0.1) is 29.6 Å². The van der Waals surface area contributed by atoms with Gasteiger partial charge in [-0.05, 0) is 26.3 Å². The van der Waals surface area contributed by atoms with E-state index in [9.17, 15) is 15.2 Å². The summed E-state index contributed by atoms with van der Waals surface area (Å²) in [6, 6.07) is 6.23. The van der Waals surface area contributed by atoms with Crippen molar-refractivity contribution in [1.29, 1.82) is 5.26 Å². The van der Waals surface area contributed by atoms with E-state index in [-0.39, 0.29) is 12.3 Å². The summed E-state index contributed by atoms with van der Waals surface area (Å²) in [6.07, 6.45) is 0.533. The third kappa shape index (κ3) is 4.23. The average molecular weight is 264 g/mol. The Balaban J connectivity index is 2.74. The second-order valence-corrected chi connectivity index (χ2v) is 4.80. The number of ether oxygens (including phenoxy) is 1. The summed E-state index contributed by atoms with van der Waals surface area (Å²) in [5, 5.41) is 28.7. The molecule has 0 heterocycles. The number of aliphatic hydroxyl groups is 1. The van der Waals surface area contributed by atoms with Crippen molar-refractivity contribution in [3.05, 3.63) is 33.9 Å². The normalized spacial score (nSPS) is 10.8. The molecule has 0 radical (unpaired) electrons. The van der Waals surface area contributed by atoms with Crippen molar-refractivity contribution in [2.24, 2.45) is 5.41 Å². The van der Waals surface area contributed by atoms with Crippen molar-refractivity contribution in [3.8, 4) is 11.8 Å². The second-order valence-electron chi connectivity index (χ2n) is 4.80. The molecular formula is C13H16N2O4. The van der Waals surface area contributed by atoms with E-state index in [1.54, 1.807) is 13.8 Å². The van der Waals surface area contributed by atoms with Gasteiger partial charge in [-0.1, -0.05) is 0 Å². The van der Waals surface area contributed by atoms with Crippen LogP contribution in [0.15, 0.2) is 18.2 Å². The minimum Gasteiger partial charge on any atom is -0.493 e. The summed E-state index contributed by atoms with van der Waals surface area (Å²) in [5.74, 6) is 0.404. The topological polar surface area (TPSA) is 96.4 Å². The molecule has 0 aliphatic rings. The Kier molecular flexibility index (Phi) is 4.84. The van der Waals surface area contributed by atoms with Crippen LogP contribution in [-0.4, -0.2) is 16.6 Å². The van der Waals surface area contributed by atoms with Gasteiger partial charge >= 0.3 is 0 Å². The minimum absolute atomic E-state index is 0.0891. The molecule has 1 rings (SSSR count). The highest BCUT2D eigenvalue weighted by Crippen LogP contribution is 2.25. The number of nitro groups is 1. The number of nitriles is 1. The van der Waals surface area contributed by atoms with E-state index in [1.165, 1.54) is 18.2 Å². The highest BCUT2D eigenvalue weighted by atomic mass is 16.6. The van der Waals surface area contributed by atoms with Crippen LogP contribution in [0.2, 0.25) is 0 Å². The fraction of sp³-hybridized carbons (Fsp3) is 0.462. The highest BCUT2D eigenvalue weighted by molar-refractivity contribution is 5.43.